The predicted molar refractivity (Wildman–Crippen MR) is 95.3 cm³/mol. The maximum Gasteiger partial charge on any atom is 0.122 e. The Morgan fingerprint density at radius 1 is 1.26 bits per heavy atom. The van der Waals surface area contributed by atoms with E-state index in [0.717, 1.165) is 18.6 Å². The van der Waals surface area contributed by atoms with Gasteiger partial charge in [-0.25, -0.2) is 0 Å². The summed E-state index contributed by atoms with van der Waals surface area (Å²) in [4.78, 5) is 0. The summed E-state index contributed by atoms with van der Waals surface area (Å²) in [6, 6.07) is 4.71. The average molecular weight is 316 g/mol. The molecular formula is C21H32O2. The van der Waals surface area contributed by atoms with Crippen molar-refractivity contribution >= 4 is 0 Å². The molecule has 2 aliphatic carbocycles. The summed E-state index contributed by atoms with van der Waals surface area (Å²) in [5, 5.41) is 10.0. The number of hydrogen-bond acceptors (Lipinski definition) is 2. The molecule has 0 amide bonds. The Morgan fingerprint density at radius 2 is 2.00 bits per heavy atom. The Labute approximate surface area is 141 Å². The highest BCUT2D eigenvalue weighted by Gasteiger charge is 2.51. The molecule has 128 valence electrons. The van der Waals surface area contributed by atoms with E-state index in [1.54, 1.807) is 7.11 Å². The molecule has 0 spiro atoms. The standard InChI is InChI=1S/C21H32O2/c1-14(2)16-11-15-7-8-19-20(3,13-22)9-6-10-21(19,4)17(15)12-18(16)23-5/h11-12,14,19,22H,6-10,13H2,1-5H3/t19-,20+,21+/m0/s1. The normalized spacial score (nSPS) is 33.3. The van der Waals surface area contributed by atoms with Gasteiger partial charge in [-0.2, -0.15) is 0 Å². The number of ether oxygens (including phenoxy) is 1. The van der Waals surface area contributed by atoms with Gasteiger partial charge in [-0.05, 0) is 71.1 Å². The molecule has 2 heteroatoms. The maximum absolute atomic E-state index is 10.0. The minimum absolute atomic E-state index is 0.0641. The van der Waals surface area contributed by atoms with Gasteiger partial charge in [0.1, 0.15) is 5.75 Å². The molecule has 1 aromatic carbocycles. The van der Waals surface area contributed by atoms with Crippen molar-refractivity contribution in [3.8, 4) is 5.75 Å². The van der Waals surface area contributed by atoms with Gasteiger partial charge < -0.3 is 9.84 Å². The molecule has 0 heterocycles. The SMILES string of the molecule is COc1cc2c(cc1C(C)C)CC[C@H]1[C@@](C)(CO)CCC[C@]21C. The maximum atomic E-state index is 10.0. The van der Waals surface area contributed by atoms with Gasteiger partial charge in [0.2, 0.25) is 0 Å². The molecule has 1 saturated carbocycles. The Bertz CT molecular complexity index is 592. The summed E-state index contributed by atoms with van der Waals surface area (Å²) >= 11 is 0. The van der Waals surface area contributed by atoms with Crippen LogP contribution in [0.1, 0.15) is 76.0 Å². The predicted octanol–water partition coefficient (Wildman–Crippen LogP) is 4.82. The zero-order valence-corrected chi connectivity index (χ0v) is 15.4. The van der Waals surface area contributed by atoms with Crippen LogP contribution in [-0.2, 0) is 11.8 Å². The first-order valence-corrected chi connectivity index (χ1v) is 9.18. The number of fused-ring (bicyclic) bond motifs is 3. The molecule has 0 aromatic heterocycles. The van der Waals surface area contributed by atoms with Crippen LogP contribution in [0, 0.1) is 11.3 Å². The monoisotopic (exact) mass is 316 g/mol. The lowest BCUT2D eigenvalue weighted by Gasteiger charge is -2.55. The number of methoxy groups -OCH3 is 1. The highest BCUT2D eigenvalue weighted by atomic mass is 16.5. The third-order valence-corrected chi connectivity index (χ3v) is 6.81. The molecule has 0 radical (unpaired) electrons. The van der Waals surface area contributed by atoms with Crippen LogP contribution in [0.2, 0.25) is 0 Å². The van der Waals surface area contributed by atoms with E-state index in [4.69, 9.17) is 4.74 Å². The van der Waals surface area contributed by atoms with Gasteiger partial charge in [-0.15, -0.1) is 0 Å². The third kappa shape index (κ3) is 2.50. The number of aryl methyl sites for hydroxylation is 1. The minimum atomic E-state index is 0.0641. The lowest BCUT2D eigenvalue weighted by molar-refractivity contribution is -0.0179. The summed E-state index contributed by atoms with van der Waals surface area (Å²) in [6.45, 7) is 9.50. The van der Waals surface area contributed by atoms with Gasteiger partial charge in [0, 0.05) is 6.61 Å². The number of aliphatic hydroxyl groups excluding tert-OH is 1. The van der Waals surface area contributed by atoms with Crippen LogP contribution in [0.4, 0.5) is 0 Å². The van der Waals surface area contributed by atoms with Crippen molar-refractivity contribution in [2.45, 2.75) is 71.1 Å². The van der Waals surface area contributed by atoms with E-state index in [1.165, 1.54) is 36.0 Å². The molecule has 2 aliphatic rings. The fourth-order valence-corrected chi connectivity index (χ4v) is 5.47. The van der Waals surface area contributed by atoms with Crippen LogP contribution < -0.4 is 4.74 Å². The highest BCUT2D eigenvalue weighted by molar-refractivity contribution is 5.49. The molecule has 3 rings (SSSR count). The van der Waals surface area contributed by atoms with Crippen LogP contribution in [0.25, 0.3) is 0 Å². The van der Waals surface area contributed by atoms with Crippen molar-refractivity contribution < 1.29 is 9.84 Å². The van der Waals surface area contributed by atoms with E-state index in [1.807, 2.05) is 0 Å². The molecule has 0 saturated heterocycles. The smallest absolute Gasteiger partial charge is 0.122 e. The van der Waals surface area contributed by atoms with Crippen molar-refractivity contribution in [3.63, 3.8) is 0 Å². The summed E-state index contributed by atoms with van der Waals surface area (Å²) in [7, 11) is 1.79. The summed E-state index contributed by atoms with van der Waals surface area (Å²) in [6.07, 6.45) is 5.92. The van der Waals surface area contributed by atoms with E-state index in [9.17, 15) is 5.11 Å². The Hall–Kier alpha value is -1.02. The van der Waals surface area contributed by atoms with Crippen LogP contribution in [0.15, 0.2) is 12.1 Å². The second-order valence-corrected chi connectivity index (χ2v) is 8.58. The quantitative estimate of drug-likeness (QED) is 0.866. The van der Waals surface area contributed by atoms with Gasteiger partial charge in [0.05, 0.1) is 7.11 Å². The fraction of sp³-hybridized carbons (Fsp3) is 0.714. The second-order valence-electron chi connectivity index (χ2n) is 8.58. The minimum Gasteiger partial charge on any atom is -0.496 e. The fourth-order valence-electron chi connectivity index (χ4n) is 5.47. The van der Waals surface area contributed by atoms with Crippen molar-refractivity contribution in [3.05, 3.63) is 28.8 Å². The van der Waals surface area contributed by atoms with Gasteiger partial charge in [0.15, 0.2) is 0 Å². The second kappa shape index (κ2) is 5.81. The molecule has 0 unspecified atom stereocenters. The van der Waals surface area contributed by atoms with E-state index in [-0.39, 0.29) is 10.8 Å². The largest absolute Gasteiger partial charge is 0.496 e. The van der Waals surface area contributed by atoms with Gasteiger partial charge >= 0.3 is 0 Å². The summed E-state index contributed by atoms with van der Waals surface area (Å²) in [5.41, 5.74) is 4.56. The lowest BCUT2D eigenvalue weighted by atomic mass is 9.50. The summed E-state index contributed by atoms with van der Waals surface area (Å²) in [5.74, 6) is 2.09. The van der Waals surface area contributed by atoms with Crippen LogP contribution >= 0.6 is 0 Å². The van der Waals surface area contributed by atoms with Crippen LogP contribution in [-0.4, -0.2) is 18.8 Å². The molecule has 3 atom stereocenters. The van der Waals surface area contributed by atoms with Gasteiger partial charge in [0.25, 0.3) is 0 Å². The molecule has 23 heavy (non-hydrogen) atoms. The highest BCUT2D eigenvalue weighted by Crippen LogP contribution is 2.57. The van der Waals surface area contributed by atoms with Crippen LogP contribution in [0.3, 0.4) is 0 Å². The van der Waals surface area contributed by atoms with Gasteiger partial charge in [-0.1, -0.05) is 40.2 Å². The Balaban J connectivity index is 2.12. The molecule has 0 bridgehead atoms. The van der Waals surface area contributed by atoms with E-state index in [2.05, 4.69) is 39.8 Å². The van der Waals surface area contributed by atoms with Crippen molar-refractivity contribution in [2.75, 3.05) is 13.7 Å². The van der Waals surface area contributed by atoms with Crippen molar-refractivity contribution in [2.24, 2.45) is 11.3 Å². The molecular weight excluding hydrogens is 284 g/mol. The molecule has 1 fully saturated rings. The number of aliphatic hydroxyl groups is 1. The number of hydrogen-bond donors (Lipinski definition) is 1. The number of rotatable bonds is 3. The average Bonchev–Trinajstić information content (AvgIpc) is 2.53. The first kappa shape index (κ1) is 16.8. The lowest BCUT2D eigenvalue weighted by Crippen LogP contribution is -2.50. The molecule has 1 N–H and O–H groups in total. The van der Waals surface area contributed by atoms with E-state index in [0.29, 0.717) is 18.4 Å². The van der Waals surface area contributed by atoms with E-state index < -0.39 is 0 Å². The Kier molecular flexibility index (Phi) is 4.25. The number of benzene rings is 1. The molecule has 1 aromatic rings. The summed E-state index contributed by atoms with van der Waals surface area (Å²) < 4.78 is 5.73. The zero-order chi connectivity index (χ0) is 16.8. The topological polar surface area (TPSA) is 29.5 Å². The first-order valence-electron chi connectivity index (χ1n) is 9.18. The van der Waals surface area contributed by atoms with Crippen molar-refractivity contribution in [1.29, 1.82) is 0 Å². The Morgan fingerprint density at radius 3 is 2.61 bits per heavy atom. The van der Waals surface area contributed by atoms with Gasteiger partial charge in [-0.3, -0.25) is 0 Å². The first-order chi connectivity index (χ1) is 10.9. The third-order valence-electron chi connectivity index (χ3n) is 6.81. The van der Waals surface area contributed by atoms with E-state index >= 15 is 0 Å². The van der Waals surface area contributed by atoms with Crippen LogP contribution in [0.5, 0.6) is 5.75 Å². The molecule has 0 aliphatic heterocycles. The zero-order valence-electron chi connectivity index (χ0n) is 15.4. The molecule has 2 nitrogen and oxygen atoms in total. The van der Waals surface area contributed by atoms with Crippen molar-refractivity contribution in [1.82, 2.24) is 0 Å².